The highest BCUT2D eigenvalue weighted by molar-refractivity contribution is 5.94. The highest BCUT2D eigenvalue weighted by atomic mass is 16.2. The van der Waals surface area contributed by atoms with Crippen molar-refractivity contribution in [2.24, 2.45) is 0 Å². The van der Waals surface area contributed by atoms with Gasteiger partial charge in [-0.25, -0.2) is 0 Å². The number of rotatable bonds is 2. The molecule has 0 saturated carbocycles. The molecule has 0 aromatic carbocycles. The molecular formula is C12H17N3O. The lowest BCUT2D eigenvalue weighted by atomic mass is 10.2. The highest BCUT2D eigenvalue weighted by Gasteiger charge is 2.27. The molecule has 1 atom stereocenters. The van der Waals surface area contributed by atoms with Crippen molar-refractivity contribution in [3.8, 4) is 0 Å². The Bertz CT molecular complexity index is 364. The molecule has 86 valence electrons. The van der Waals surface area contributed by atoms with E-state index in [-0.39, 0.29) is 5.91 Å². The molecule has 1 fully saturated rings. The molecule has 1 amide bonds. The van der Waals surface area contributed by atoms with Gasteiger partial charge in [0.2, 0.25) is 0 Å². The van der Waals surface area contributed by atoms with E-state index in [2.05, 4.69) is 24.0 Å². The second-order valence-corrected chi connectivity index (χ2v) is 4.40. The van der Waals surface area contributed by atoms with Gasteiger partial charge in [0.25, 0.3) is 5.91 Å². The van der Waals surface area contributed by atoms with Crippen LogP contribution < -0.4 is 0 Å². The zero-order valence-electron chi connectivity index (χ0n) is 9.76. The molecule has 1 aromatic heterocycles. The van der Waals surface area contributed by atoms with Crippen molar-refractivity contribution in [1.29, 1.82) is 0 Å². The van der Waals surface area contributed by atoms with Gasteiger partial charge in [-0.3, -0.25) is 9.78 Å². The maximum absolute atomic E-state index is 12.1. The molecule has 1 aliphatic rings. The summed E-state index contributed by atoms with van der Waals surface area (Å²) in [6.07, 6.45) is 4.37. The van der Waals surface area contributed by atoms with Crippen molar-refractivity contribution in [2.45, 2.75) is 12.5 Å². The second kappa shape index (κ2) is 4.61. The molecule has 2 rings (SSSR count). The summed E-state index contributed by atoms with van der Waals surface area (Å²) in [5.74, 6) is 0.0949. The average molecular weight is 219 g/mol. The third-order valence-corrected chi connectivity index (χ3v) is 3.09. The van der Waals surface area contributed by atoms with E-state index < -0.39 is 0 Å². The molecule has 16 heavy (non-hydrogen) atoms. The van der Waals surface area contributed by atoms with Crippen molar-refractivity contribution in [3.63, 3.8) is 0 Å². The Hall–Kier alpha value is -1.42. The highest BCUT2D eigenvalue weighted by Crippen LogP contribution is 2.15. The fourth-order valence-electron chi connectivity index (χ4n) is 2.02. The van der Waals surface area contributed by atoms with Crippen molar-refractivity contribution >= 4 is 5.91 Å². The van der Waals surface area contributed by atoms with Crippen molar-refractivity contribution in [3.05, 3.63) is 30.1 Å². The number of carbonyl (C=O) groups excluding carboxylic acids is 1. The van der Waals surface area contributed by atoms with Crippen molar-refractivity contribution in [2.75, 3.05) is 27.2 Å². The Balaban J connectivity index is 2.03. The van der Waals surface area contributed by atoms with Crippen LogP contribution in [-0.4, -0.2) is 53.9 Å². The topological polar surface area (TPSA) is 36.4 Å². The third-order valence-electron chi connectivity index (χ3n) is 3.09. The van der Waals surface area contributed by atoms with Gasteiger partial charge >= 0.3 is 0 Å². The van der Waals surface area contributed by atoms with Crippen LogP contribution in [0.1, 0.15) is 16.8 Å². The molecule has 1 saturated heterocycles. The Morgan fingerprint density at radius 2 is 2.38 bits per heavy atom. The van der Waals surface area contributed by atoms with Crippen LogP contribution >= 0.6 is 0 Å². The molecule has 1 aromatic rings. The van der Waals surface area contributed by atoms with Crippen LogP contribution in [0, 0.1) is 0 Å². The number of hydrogen-bond donors (Lipinski definition) is 0. The number of carbonyl (C=O) groups is 1. The summed E-state index contributed by atoms with van der Waals surface area (Å²) in [6.45, 7) is 1.66. The summed E-state index contributed by atoms with van der Waals surface area (Å²) in [5.41, 5.74) is 0.682. The Morgan fingerprint density at radius 1 is 1.56 bits per heavy atom. The average Bonchev–Trinajstić information content (AvgIpc) is 2.78. The van der Waals surface area contributed by atoms with E-state index in [0.29, 0.717) is 11.6 Å². The van der Waals surface area contributed by atoms with E-state index in [1.165, 1.54) is 0 Å². The van der Waals surface area contributed by atoms with Crippen LogP contribution in [0.4, 0.5) is 0 Å². The second-order valence-electron chi connectivity index (χ2n) is 4.40. The number of nitrogens with zero attached hydrogens (tertiary/aromatic N) is 3. The first kappa shape index (κ1) is 11.1. The lowest BCUT2D eigenvalue weighted by molar-refractivity contribution is 0.0782. The van der Waals surface area contributed by atoms with E-state index in [1.807, 2.05) is 11.0 Å². The zero-order chi connectivity index (χ0) is 11.5. The normalized spacial score (nSPS) is 20.4. The lowest BCUT2D eigenvalue weighted by Crippen LogP contribution is -2.34. The van der Waals surface area contributed by atoms with Crippen LogP contribution in [0.5, 0.6) is 0 Å². The van der Waals surface area contributed by atoms with Crippen molar-refractivity contribution < 1.29 is 4.79 Å². The summed E-state index contributed by atoms with van der Waals surface area (Å²) in [7, 11) is 4.12. The van der Waals surface area contributed by atoms with Crippen LogP contribution in [0.3, 0.4) is 0 Å². The molecule has 2 heterocycles. The molecule has 4 nitrogen and oxygen atoms in total. The molecule has 1 unspecified atom stereocenters. The van der Waals surface area contributed by atoms with Gasteiger partial charge in [-0.2, -0.15) is 0 Å². The van der Waals surface area contributed by atoms with E-state index in [0.717, 1.165) is 19.5 Å². The monoisotopic (exact) mass is 219 g/mol. The van der Waals surface area contributed by atoms with Gasteiger partial charge in [-0.05, 0) is 32.6 Å². The lowest BCUT2D eigenvalue weighted by Gasteiger charge is -2.20. The first-order chi connectivity index (χ1) is 7.68. The first-order valence-electron chi connectivity index (χ1n) is 5.54. The smallest absolute Gasteiger partial charge is 0.255 e. The number of hydrogen-bond acceptors (Lipinski definition) is 3. The van der Waals surface area contributed by atoms with Gasteiger partial charge in [0.1, 0.15) is 0 Å². The quantitative estimate of drug-likeness (QED) is 0.740. The van der Waals surface area contributed by atoms with Crippen LogP contribution in [-0.2, 0) is 0 Å². The molecule has 0 bridgehead atoms. The van der Waals surface area contributed by atoms with E-state index in [4.69, 9.17) is 0 Å². The zero-order valence-corrected chi connectivity index (χ0v) is 9.76. The van der Waals surface area contributed by atoms with Gasteiger partial charge in [-0.15, -0.1) is 0 Å². The van der Waals surface area contributed by atoms with Crippen LogP contribution in [0.15, 0.2) is 24.5 Å². The number of pyridine rings is 1. The summed E-state index contributed by atoms with van der Waals surface area (Å²) in [5, 5.41) is 0. The predicted octanol–water partition coefficient (Wildman–Crippen LogP) is 0.858. The van der Waals surface area contributed by atoms with Crippen LogP contribution in [0.25, 0.3) is 0 Å². The van der Waals surface area contributed by atoms with Crippen LogP contribution in [0.2, 0.25) is 0 Å². The molecule has 1 aliphatic heterocycles. The first-order valence-corrected chi connectivity index (χ1v) is 5.54. The Kier molecular flexibility index (Phi) is 3.19. The van der Waals surface area contributed by atoms with Gasteiger partial charge in [0, 0.05) is 31.5 Å². The number of amides is 1. The van der Waals surface area contributed by atoms with E-state index >= 15 is 0 Å². The largest absolute Gasteiger partial charge is 0.337 e. The minimum Gasteiger partial charge on any atom is -0.337 e. The Morgan fingerprint density at radius 3 is 2.94 bits per heavy atom. The fourth-order valence-corrected chi connectivity index (χ4v) is 2.02. The fraction of sp³-hybridized carbons (Fsp3) is 0.500. The molecule has 0 N–H and O–H groups in total. The minimum atomic E-state index is 0.0949. The summed E-state index contributed by atoms with van der Waals surface area (Å²) in [4.78, 5) is 20.1. The van der Waals surface area contributed by atoms with Gasteiger partial charge in [0.15, 0.2) is 0 Å². The van der Waals surface area contributed by atoms with Gasteiger partial charge in [-0.1, -0.05) is 0 Å². The number of aromatic nitrogens is 1. The molecule has 0 radical (unpaired) electrons. The Labute approximate surface area is 95.9 Å². The molecular weight excluding hydrogens is 202 g/mol. The van der Waals surface area contributed by atoms with Gasteiger partial charge < -0.3 is 9.80 Å². The van der Waals surface area contributed by atoms with E-state index in [1.54, 1.807) is 18.5 Å². The molecule has 0 spiro atoms. The maximum Gasteiger partial charge on any atom is 0.255 e. The maximum atomic E-state index is 12.1. The standard InChI is InChI=1S/C12H17N3O/c1-14(2)11-5-7-15(9-11)12(16)10-4-3-6-13-8-10/h3-4,6,8,11H,5,7,9H2,1-2H3. The van der Waals surface area contributed by atoms with E-state index in [9.17, 15) is 4.79 Å². The SMILES string of the molecule is CN(C)C1CCN(C(=O)c2cccnc2)C1. The molecule has 0 aliphatic carbocycles. The molecule has 4 heteroatoms. The third kappa shape index (κ3) is 2.22. The van der Waals surface area contributed by atoms with Gasteiger partial charge in [0.05, 0.1) is 5.56 Å². The predicted molar refractivity (Wildman–Crippen MR) is 62.2 cm³/mol. The number of likely N-dealkylation sites (tertiary alicyclic amines) is 1. The summed E-state index contributed by atoms with van der Waals surface area (Å²) < 4.78 is 0. The summed E-state index contributed by atoms with van der Waals surface area (Å²) in [6, 6.07) is 4.10. The minimum absolute atomic E-state index is 0.0949. The van der Waals surface area contributed by atoms with Crippen molar-refractivity contribution in [1.82, 2.24) is 14.8 Å². The summed E-state index contributed by atoms with van der Waals surface area (Å²) >= 11 is 0. The number of likely N-dealkylation sites (N-methyl/N-ethyl adjacent to an activating group) is 1.